The van der Waals surface area contributed by atoms with E-state index in [1.165, 1.54) is 24.3 Å². The Hall–Kier alpha value is -7.50. The Morgan fingerprint density at radius 2 is 0.810 bits per heavy atom. The minimum atomic E-state index is -0.982. The summed E-state index contributed by atoms with van der Waals surface area (Å²) in [6.45, 7) is 45.5. The standard InChI is InChI=1S/2C42H57FN2O5/c2*1-28(2)47-26-11-12-35-37(32-15-19-34(20-16-32)48-27-21-31-13-17-33(43)18-14-31)38(45-24-22-42(9,10)23-25-45)36(30(5)44-35)39(50-41(6,7)8)40(46)49-29(3)4/h2*11-20,28-29,39H,21-27H2,1-10H3/b12-11+;12-11-/t2*39-/m00/s1. The van der Waals surface area contributed by atoms with E-state index in [1.807, 2.05) is 159 Å². The predicted molar refractivity (Wildman–Crippen MR) is 400 cm³/mol. The van der Waals surface area contributed by atoms with Crippen molar-refractivity contribution in [1.29, 1.82) is 0 Å². The molecule has 2 fully saturated rings. The molecule has 100 heavy (non-hydrogen) atoms. The van der Waals surface area contributed by atoms with E-state index in [0.29, 0.717) is 50.7 Å². The van der Waals surface area contributed by atoms with Gasteiger partial charge >= 0.3 is 11.9 Å². The normalized spacial score (nSPS) is 15.6. The first kappa shape index (κ1) is 79.8. The predicted octanol–water partition coefficient (Wildman–Crippen LogP) is 19.4. The van der Waals surface area contributed by atoms with Gasteiger partial charge in [0.15, 0.2) is 12.2 Å². The van der Waals surface area contributed by atoms with Crippen LogP contribution in [0.3, 0.4) is 0 Å². The number of nitrogens with zero attached hydrogens (tertiary/aromatic N) is 4. The zero-order valence-corrected chi connectivity index (χ0v) is 63.5. The maximum atomic E-state index is 13.9. The number of carbonyl (C=O) groups is 2. The Labute approximate surface area is 596 Å². The van der Waals surface area contributed by atoms with Crippen molar-refractivity contribution in [2.45, 2.75) is 225 Å². The number of carbonyl (C=O) groups excluding carboxylic acids is 2. The van der Waals surface area contributed by atoms with E-state index in [0.717, 1.165) is 131 Å². The molecular weight excluding hydrogens is 1260 g/mol. The number of anilines is 2. The van der Waals surface area contributed by atoms with Gasteiger partial charge in [0.25, 0.3) is 0 Å². The number of rotatable bonds is 28. The number of aryl methyl sites for hydroxylation is 2. The fraction of sp³-hybridized carbons (Fsp3) is 0.524. The third kappa shape index (κ3) is 24.4. The summed E-state index contributed by atoms with van der Waals surface area (Å²) in [5, 5.41) is 0. The van der Waals surface area contributed by atoms with Crippen molar-refractivity contribution in [1.82, 2.24) is 9.97 Å². The van der Waals surface area contributed by atoms with Crippen LogP contribution in [0.5, 0.6) is 11.5 Å². The van der Waals surface area contributed by atoms with E-state index in [4.69, 9.17) is 47.9 Å². The molecule has 4 heterocycles. The maximum absolute atomic E-state index is 13.9. The zero-order valence-electron chi connectivity index (χ0n) is 63.5. The highest BCUT2D eigenvalue weighted by Crippen LogP contribution is 2.48. The molecule has 6 aromatic rings. The minimum absolute atomic E-state index is 0.0985. The quantitative estimate of drug-likeness (QED) is 0.0430. The Balaban J connectivity index is 0.000000281. The summed E-state index contributed by atoms with van der Waals surface area (Å²) in [4.78, 5) is 43.0. The Morgan fingerprint density at radius 3 is 1.10 bits per heavy atom. The summed E-state index contributed by atoms with van der Waals surface area (Å²) in [6, 6.07) is 29.1. The van der Waals surface area contributed by atoms with Crippen LogP contribution in [-0.2, 0) is 50.9 Å². The molecular formula is C84H114F2N4O10. The highest BCUT2D eigenvalue weighted by atomic mass is 19.1. The summed E-state index contributed by atoms with van der Waals surface area (Å²) in [5.74, 6) is 0.109. The number of hydrogen-bond acceptors (Lipinski definition) is 14. The van der Waals surface area contributed by atoms with Crippen molar-refractivity contribution < 1.29 is 56.3 Å². The first-order chi connectivity index (χ1) is 47.1. The number of hydrogen-bond donors (Lipinski definition) is 0. The smallest absolute Gasteiger partial charge is 0.340 e. The number of pyridine rings is 2. The van der Waals surface area contributed by atoms with Gasteiger partial charge < -0.3 is 47.7 Å². The third-order valence-electron chi connectivity index (χ3n) is 17.4. The van der Waals surface area contributed by atoms with Gasteiger partial charge in [-0.1, -0.05) is 88.4 Å². The van der Waals surface area contributed by atoms with Crippen LogP contribution in [-0.4, -0.2) is 110 Å². The molecule has 0 radical (unpaired) electrons. The number of piperidine rings is 2. The number of halogens is 2. The van der Waals surface area contributed by atoms with E-state index in [-0.39, 0.29) is 46.9 Å². The average molecular weight is 1380 g/mol. The van der Waals surface area contributed by atoms with E-state index in [1.54, 1.807) is 24.3 Å². The van der Waals surface area contributed by atoms with Crippen molar-refractivity contribution in [3.05, 3.63) is 166 Å². The van der Waals surface area contributed by atoms with Crippen LogP contribution in [0.4, 0.5) is 20.2 Å². The minimum Gasteiger partial charge on any atom is -0.493 e. The summed E-state index contributed by atoms with van der Waals surface area (Å²) >= 11 is 0. The van der Waals surface area contributed by atoms with Crippen LogP contribution in [0.25, 0.3) is 34.4 Å². The Bertz CT molecular complexity index is 3400. The molecule has 4 aromatic carbocycles. The number of esters is 2. The fourth-order valence-electron chi connectivity index (χ4n) is 12.1. The summed E-state index contributed by atoms with van der Waals surface area (Å²) in [5.41, 5.74) is 11.3. The van der Waals surface area contributed by atoms with Gasteiger partial charge in [-0.2, -0.15) is 0 Å². The first-order valence-electron chi connectivity index (χ1n) is 35.9. The van der Waals surface area contributed by atoms with Gasteiger partial charge in [0.1, 0.15) is 23.1 Å². The van der Waals surface area contributed by atoms with Crippen molar-refractivity contribution in [3.8, 4) is 33.8 Å². The molecule has 544 valence electrons. The lowest BCUT2D eigenvalue weighted by atomic mass is 9.81. The molecule has 0 N–H and O–H groups in total. The van der Waals surface area contributed by atoms with Crippen LogP contribution < -0.4 is 19.3 Å². The molecule has 0 saturated carbocycles. The van der Waals surface area contributed by atoms with Gasteiger partial charge in [-0.3, -0.25) is 9.97 Å². The Kier molecular flexibility index (Phi) is 28.6. The molecule has 16 heteroatoms. The second-order valence-corrected chi connectivity index (χ2v) is 31.0. The second kappa shape index (κ2) is 35.9. The Morgan fingerprint density at radius 1 is 0.490 bits per heavy atom. The summed E-state index contributed by atoms with van der Waals surface area (Å²) in [7, 11) is 0. The SMILES string of the molecule is Cc1nc(/C=C/COC(C)C)c(-c2ccc(OCCc3ccc(F)cc3)cc2)c(N2CCC(C)(C)CC2)c1[C@H](OC(C)(C)C)C(=O)OC(C)C.Cc1nc(/C=C\COC(C)C)c(-c2ccc(OCCc3ccc(F)cc3)cc2)c(N2CCC(C)(C)CC2)c1[C@H](OC(C)(C)C)C(=O)OC(C)C. The van der Waals surface area contributed by atoms with E-state index in [2.05, 4.69) is 61.8 Å². The molecule has 14 nitrogen and oxygen atoms in total. The highest BCUT2D eigenvalue weighted by Gasteiger charge is 2.40. The van der Waals surface area contributed by atoms with Crippen LogP contribution in [0, 0.1) is 36.3 Å². The molecule has 2 aromatic heterocycles. The highest BCUT2D eigenvalue weighted by molar-refractivity contribution is 5.93. The van der Waals surface area contributed by atoms with Crippen LogP contribution in [0.1, 0.15) is 208 Å². The van der Waals surface area contributed by atoms with Crippen LogP contribution >= 0.6 is 0 Å². The first-order valence-corrected chi connectivity index (χ1v) is 35.9. The molecule has 0 aliphatic carbocycles. The number of ether oxygens (including phenoxy) is 8. The van der Waals surface area contributed by atoms with Crippen LogP contribution in [0.15, 0.2) is 109 Å². The summed E-state index contributed by atoms with van der Waals surface area (Å²) in [6.07, 6.45) is 11.0. The average Bonchev–Trinajstić information content (AvgIpc) is 0.755. The van der Waals surface area contributed by atoms with Crippen LogP contribution in [0.2, 0.25) is 0 Å². The van der Waals surface area contributed by atoms with Crippen molar-refractivity contribution in [3.63, 3.8) is 0 Å². The molecule has 0 amide bonds. The molecule has 2 aliphatic heterocycles. The van der Waals surface area contributed by atoms with Crippen molar-refractivity contribution in [2.75, 3.05) is 62.4 Å². The lowest BCUT2D eigenvalue weighted by Gasteiger charge is -2.41. The third-order valence-corrected chi connectivity index (χ3v) is 17.4. The van der Waals surface area contributed by atoms with Gasteiger partial charge in [-0.15, -0.1) is 0 Å². The topological polar surface area (TPSA) is 140 Å². The van der Waals surface area contributed by atoms with E-state index >= 15 is 0 Å². The largest absolute Gasteiger partial charge is 0.493 e. The van der Waals surface area contributed by atoms with Crippen molar-refractivity contribution in [2.24, 2.45) is 10.8 Å². The van der Waals surface area contributed by atoms with Gasteiger partial charge in [-0.25, -0.2) is 18.4 Å². The molecule has 0 bridgehead atoms. The monoisotopic (exact) mass is 1380 g/mol. The molecule has 0 unspecified atom stereocenters. The lowest BCUT2D eigenvalue weighted by Crippen LogP contribution is -2.39. The molecule has 2 aliphatic rings. The summed E-state index contributed by atoms with van der Waals surface area (Å²) < 4.78 is 75.4. The van der Waals surface area contributed by atoms with Gasteiger partial charge in [0, 0.05) is 72.7 Å². The zero-order chi connectivity index (χ0) is 73.3. The molecule has 2 saturated heterocycles. The maximum Gasteiger partial charge on any atom is 0.340 e. The van der Waals surface area contributed by atoms with Gasteiger partial charge in [0.2, 0.25) is 0 Å². The van der Waals surface area contributed by atoms with Gasteiger partial charge in [0.05, 0.1) is 84.8 Å². The van der Waals surface area contributed by atoms with Gasteiger partial charge in [-0.05, 0) is 230 Å². The number of benzene rings is 4. The molecule has 0 spiro atoms. The lowest BCUT2D eigenvalue weighted by molar-refractivity contribution is -0.171. The number of aromatic nitrogens is 2. The second-order valence-electron chi connectivity index (χ2n) is 31.0. The van der Waals surface area contributed by atoms with Crippen molar-refractivity contribution >= 4 is 35.5 Å². The van der Waals surface area contributed by atoms with E-state index in [9.17, 15) is 18.4 Å². The fourth-order valence-corrected chi connectivity index (χ4v) is 12.1. The molecule has 8 rings (SSSR count). The van der Waals surface area contributed by atoms with E-state index < -0.39 is 35.3 Å². The molecule has 2 atom stereocenters.